The summed E-state index contributed by atoms with van der Waals surface area (Å²) in [7, 11) is 5.47. The number of aryl methyl sites for hydroxylation is 1. The molecule has 3 aromatic carbocycles. The summed E-state index contributed by atoms with van der Waals surface area (Å²) < 4.78 is 13.2. The van der Waals surface area contributed by atoms with E-state index in [-0.39, 0.29) is 6.04 Å². The van der Waals surface area contributed by atoms with Crippen LogP contribution in [0.5, 0.6) is 11.5 Å². The SMILES string of the molecule is COc1cc2c(cc1OC)C(c1ccc(-n3nc(-c4ccccc4)cc3C)cc1)N(C)N[C@@H](C)C2. The molecule has 1 N–H and O–H groups in total. The van der Waals surface area contributed by atoms with Crippen LogP contribution < -0.4 is 14.9 Å². The van der Waals surface area contributed by atoms with Gasteiger partial charge in [0.1, 0.15) is 0 Å². The van der Waals surface area contributed by atoms with Crippen molar-refractivity contribution in [1.82, 2.24) is 20.2 Å². The molecule has 1 aliphatic rings. The van der Waals surface area contributed by atoms with Crippen molar-refractivity contribution < 1.29 is 9.47 Å². The van der Waals surface area contributed by atoms with Gasteiger partial charge in [0.15, 0.2) is 11.5 Å². The summed E-state index contributed by atoms with van der Waals surface area (Å²) >= 11 is 0. The Bertz CT molecular complexity index is 1310. The molecule has 0 amide bonds. The van der Waals surface area contributed by atoms with E-state index in [2.05, 4.69) is 85.9 Å². The lowest BCUT2D eigenvalue weighted by atomic mass is 9.91. The van der Waals surface area contributed by atoms with Crippen molar-refractivity contribution in [3.05, 3.63) is 95.2 Å². The van der Waals surface area contributed by atoms with Gasteiger partial charge < -0.3 is 9.47 Å². The molecule has 1 unspecified atom stereocenters. The third kappa shape index (κ3) is 4.43. The Balaban J connectivity index is 1.52. The van der Waals surface area contributed by atoms with Crippen molar-refractivity contribution in [2.24, 2.45) is 0 Å². The zero-order chi connectivity index (χ0) is 24.5. The maximum Gasteiger partial charge on any atom is 0.161 e. The van der Waals surface area contributed by atoms with Gasteiger partial charge in [-0.3, -0.25) is 5.43 Å². The molecule has 0 saturated heterocycles. The molecule has 4 aromatic rings. The number of rotatable bonds is 5. The fourth-order valence-corrected chi connectivity index (χ4v) is 5.06. The van der Waals surface area contributed by atoms with Crippen molar-refractivity contribution in [1.29, 1.82) is 0 Å². The second kappa shape index (κ2) is 9.56. The van der Waals surface area contributed by atoms with Crippen LogP contribution >= 0.6 is 0 Å². The molecule has 35 heavy (non-hydrogen) atoms. The smallest absolute Gasteiger partial charge is 0.161 e. The van der Waals surface area contributed by atoms with Gasteiger partial charge in [0.05, 0.1) is 31.6 Å². The van der Waals surface area contributed by atoms with Crippen molar-refractivity contribution in [2.75, 3.05) is 21.3 Å². The van der Waals surface area contributed by atoms with E-state index in [9.17, 15) is 0 Å². The summed E-state index contributed by atoms with van der Waals surface area (Å²) in [5.41, 5.74) is 11.5. The lowest BCUT2D eigenvalue weighted by molar-refractivity contribution is 0.172. The average Bonchev–Trinajstić information content (AvgIpc) is 3.21. The van der Waals surface area contributed by atoms with Crippen LogP contribution in [0.15, 0.2) is 72.8 Å². The van der Waals surface area contributed by atoms with Crippen LogP contribution in [0.25, 0.3) is 16.9 Å². The summed E-state index contributed by atoms with van der Waals surface area (Å²) in [4.78, 5) is 0. The van der Waals surface area contributed by atoms with Gasteiger partial charge >= 0.3 is 0 Å². The molecule has 6 nitrogen and oxygen atoms in total. The molecule has 1 aromatic heterocycles. The first kappa shape index (κ1) is 23.1. The number of benzene rings is 3. The third-order valence-corrected chi connectivity index (χ3v) is 6.69. The predicted octanol–water partition coefficient (Wildman–Crippen LogP) is 5.34. The number of hydrazine groups is 1. The predicted molar refractivity (Wildman–Crippen MR) is 139 cm³/mol. The van der Waals surface area contributed by atoms with Gasteiger partial charge in [-0.2, -0.15) is 5.10 Å². The zero-order valence-electron chi connectivity index (χ0n) is 20.9. The van der Waals surface area contributed by atoms with Crippen LogP contribution in [0.4, 0.5) is 0 Å². The molecule has 0 radical (unpaired) electrons. The number of nitrogens with zero attached hydrogens (tertiary/aromatic N) is 3. The number of methoxy groups -OCH3 is 2. The average molecular weight is 469 g/mol. The summed E-state index contributed by atoms with van der Waals surface area (Å²) in [5.74, 6) is 1.51. The standard InChI is InChI=1S/C29H32N4O2/c1-19-15-23-17-27(34-4)28(35-5)18-25(23)29(32(3)30-19)22-11-13-24(14-12-22)33-20(2)16-26(31-33)21-9-7-6-8-10-21/h6-14,16-19,29-30H,15H2,1-5H3/t19-,29?/m0/s1. The Morgan fingerprint density at radius 3 is 2.29 bits per heavy atom. The highest BCUT2D eigenvalue weighted by molar-refractivity contribution is 5.60. The topological polar surface area (TPSA) is 51.6 Å². The first-order valence-corrected chi connectivity index (χ1v) is 11.9. The maximum absolute atomic E-state index is 5.64. The maximum atomic E-state index is 5.64. The van der Waals surface area contributed by atoms with Gasteiger partial charge in [-0.15, -0.1) is 0 Å². The van der Waals surface area contributed by atoms with Crippen molar-refractivity contribution in [3.8, 4) is 28.4 Å². The zero-order valence-corrected chi connectivity index (χ0v) is 20.9. The molecule has 0 saturated carbocycles. The minimum absolute atomic E-state index is 0.0300. The van der Waals surface area contributed by atoms with E-state index >= 15 is 0 Å². The van der Waals surface area contributed by atoms with Crippen molar-refractivity contribution in [3.63, 3.8) is 0 Å². The van der Waals surface area contributed by atoms with Crippen molar-refractivity contribution in [2.45, 2.75) is 32.4 Å². The molecule has 2 atom stereocenters. The fraction of sp³-hybridized carbons (Fsp3) is 0.276. The summed E-state index contributed by atoms with van der Waals surface area (Å²) in [6.45, 7) is 4.29. The number of aromatic nitrogens is 2. The summed E-state index contributed by atoms with van der Waals surface area (Å²) in [5, 5.41) is 7.07. The molecule has 1 aliphatic heterocycles. The molecular formula is C29H32N4O2. The second-order valence-electron chi connectivity index (χ2n) is 9.19. The van der Waals surface area contributed by atoms with Crippen LogP contribution in [-0.2, 0) is 6.42 Å². The molecule has 5 rings (SSSR count). The first-order valence-electron chi connectivity index (χ1n) is 11.9. The molecular weight excluding hydrogens is 436 g/mol. The van der Waals surface area contributed by atoms with Gasteiger partial charge in [-0.05, 0) is 67.3 Å². The first-order chi connectivity index (χ1) is 17.0. The minimum atomic E-state index is 0.0300. The lowest BCUT2D eigenvalue weighted by Gasteiger charge is -2.29. The highest BCUT2D eigenvalue weighted by Gasteiger charge is 2.29. The van der Waals surface area contributed by atoms with Gasteiger partial charge in [-0.1, -0.05) is 42.5 Å². The van der Waals surface area contributed by atoms with E-state index in [1.807, 2.05) is 22.9 Å². The van der Waals surface area contributed by atoms with E-state index < -0.39 is 0 Å². The van der Waals surface area contributed by atoms with Crippen LogP contribution in [0.2, 0.25) is 0 Å². The van der Waals surface area contributed by atoms with Gasteiger partial charge in [0.2, 0.25) is 0 Å². The van der Waals surface area contributed by atoms with E-state index in [4.69, 9.17) is 14.6 Å². The molecule has 2 heterocycles. The van der Waals surface area contributed by atoms with Crippen LogP contribution in [0.3, 0.4) is 0 Å². The minimum Gasteiger partial charge on any atom is -0.493 e. The summed E-state index contributed by atoms with van der Waals surface area (Å²) in [6.07, 6.45) is 0.906. The quantitative estimate of drug-likeness (QED) is 0.429. The Morgan fingerprint density at radius 1 is 0.914 bits per heavy atom. The lowest BCUT2D eigenvalue weighted by Crippen LogP contribution is -2.42. The Morgan fingerprint density at radius 2 is 1.60 bits per heavy atom. The van der Waals surface area contributed by atoms with Crippen LogP contribution in [0, 0.1) is 6.92 Å². The molecule has 180 valence electrons. The molecule has 0 aliphatic carbocycles. The Hall–Kier alpha value is -3.61. The fourth-order valence-electron chi connectivity index (χ4n) is 5.06. The normalized spacial score (nSPS) is 18.1. The van der Waals surface area contributed by atoms with E-state index in [0.29, 0.717) is 6.04 Å². The van der Waals surface area contributed by atoms with E-state index in [0.717, 1.165) is 40.6 Å². The highest BCUT2D eigenvalue weighted by atomic mass is 16.5. The van der Waals surface area contributed by atoms with Gasteiger partial charge in [-0.25, -0.2) is 9.69 Å². The Labute approximate surface area is 207 Å². The van der Waals surface area contributed by atoms with E-state index in [1.165, 1.54) is 16.7 Å². The summed E-state index contributed by atoms with van der Waals surface area (Å²) in [6, 6.07) is 25.6. The monoisotopic (exact) mass is 468 g/mol. The Kier molecular flexibility index (Phi) is 6.32. The molecule has 6 heteroatoms. The largest absolute Gasteiger partial charge is 0.493 e. The molecule has 0 spiro atoms. The van der Waals surface area contributed by atoms with E-state index in [1.54, 1.807) is 14.2 Å². The van der Waals surface area contributed by atoms with Crippen LogP contribution in [0.1, 0.15) is 35.3 Å². The number of hydrogen-bond donors (Lipinski definition) is 1. The van der Waals surface area contributed by atoms with Gasteiger partial charge in [0, 0.05) is 24.3 Å². The number of ether oxygens (including phenoxy) is 2. The number of hydrogen-bond acceptors (Lipinski definition) is 5. The molecule has 0 fully saturated rings. The second-order valence-corrected chi connectivity index (χ2v) is 9.19. The third-order valence-electron chi connectivity index (χ3n) is 6.69. The molecule has 0 bridgehead atoms. The highest BCUT2D eigenvalue weighted by Crippen LogP contribution is 2.39. The number of nitrogens with one attached hydrogen (secondary N) is 1. The number of fused-ring (bicyclic) bond motifs is 1. The van der Waals surface area contributed by atoms with Crippen LogP contribution in [-0.4, -0.2) is 42.1 Å². The van der Waals surface area contributed by atoms with Crippen molar-refractivity contribution >= 4 is 0 Å². The van der Waals surface area contributed by atoms with Gasteiger partial charge in [0.25, 0.3) is 0 Å².